The van der Waals surface area contributed by atoms with Crippen LogP contribution in [0.4, 0.5) is 5.69 Å². The number of likely N-dealkylation sites (N-methyl/N-ethyl adjacent to an activating group) is 1. The number of hydrogen-bond donors (Lipinski definition) is 1. The Labute approximate surface area is 260 Å². The standard InChI is InChI=1S/C35H39N3O5S/c1-5-36-35(40)33(23-28-13-7-6-8-14-28)37(24-29-15-11-16-30(22-29)43-4)34(39)25-38(32-17-10-9-12-27(32)3)44(41,42)31-20-18-26(2)19-21-31/h6-22,33H,5,23-25H2,1-4H3,(H,36,40). The summed E-state index contributed by atoms with van der Waals surface area (Å²) in [5.41, 5.74) is 3.61. The number of hydrogen-bond acceptors (Lipinski definition) is 5. The van der Waals surface area contributed by atoms with Crippen LogP contribution in [-0.2, 0) is 32.6 Å². The molecule has 0 aliphatic carbocycles. The van der Waals surface area contributed by atoms with Crippen molar-refractivity contribution >= 4 is 27.5 Å². The number of carbonyl (C=O) groups excluding carboxylic acids is 2. The summed E-state index contributed by atoms with van der Waals surface area (Å²) in [6, 6.07) is 29.4. The molecule has 4 rings (SSSR count). The molecule has 1 N–H and O–H groups in total. The fourth-order valence-corrected chi connectivity index (χ4v) is 6.49. The van der Waals surface area contributed by atoms with Gasteiger partial charge in [0, 0.05) is 19.5 Å². The lowest BCUT2D eigenvalue weighted by molar-refractivity contribution is -0.140. The fraction of sp³-hybridized carbons (Fsp3) is 0.257. The van der Waals surface area contributed by atoms with Crippen LogP contribution >= 0.6 is 0 Å². The molecule has 44 heavy (non-hydrogen) atoms. The van der Waals surface area contributed by atoms with Crippen molar-refractivity contribution in [1.29, 1.82) is 0 Å². The van der Waals surface area contributed by atoms with E-state index in [1.807, 2.05) is 62.4 Å². The van der Waals surface area contributed by atoms with Crippen molar-refractivity contribution in [1.82, 2.24) is 10.2 Å². The van der Waals surface area contributed by atoms with Crippen molar-refractivity contribution in [3.8, 4) is 5.75 Å². The van der Waals surface area contributed by atoms with Crippen LogP contribution in [0, 0.1) is 13.8 Å². The van der Waals surface area contributed by atoms with Crippen molar-refractivity contribution in [3.05, 3.63) is 125 Å². The Balaban J connectivity index is 1.81. The van der Waals surface area contributed by atoms with Crippen molar-refractivity contribution in [2.45, 2.75) is 44.7 Å². The molecular weight excluding hydrogens is 574 g/mol. The van der Waals surface area contributed by atoms with E-state index in [1.54, 1.807) is 68.6 Å². The van der Waals surface area contributed by atoms with Crippen LogP contribution in [0.25, 0.3) is 0 Å². The lowest BCUT2D eigenvalue weighted by Crippen LogP contribution is -2.53. The number of aryl methyl sites for hydroxylation is 2. The van der Waals surface area contributed by atoms with E-state index < -0.39 is 28.5 Å². The minimum absolute atomic E-state index is 0.0663. The van der Waals surface area contributed by atoms with Crippen LogP contribution in [0.5, 0.6) is 5.75 Å². The van der Waals surface area contributed by atoms with Crippen LogP contribution in [-0.4, -0.2) is 51.4 Å². The summed E-state index contributed by atoms with van der Waals surface area (Å²) >= 11 is 0. The number of amides is 2. The van der Waals surface area contributed by atoms with Gasteiger partial charge >= 0.3 is 0 Å². The maximum absolute atomic E-state index is 14.5. The van der Waals surface area contributed by atoms with Gasteiger partial charge in [-0.3, -0.25) is 13.9 Å². The zero-order valence-electron chi connectivity index (χ0n) is 25.6. The Bertz CT molecular complexity index is 1670. The normalized spacial score (nSPS) is 11.8. The van der Waals surface area contributed by atoms with Crippen molar-refractivity contribution < 1.29 is 22.7 Å². The highest BCUT2D eigenvalue weighted by Gasteiger charge is 2.35. The predicted octanol–water partition coefficient (Wildman–Crippen LogP) is 5.28. The minimum Gasteiger partial charge on any atom is -0.497 e. The van der Waals surface area contributed by atoms with Crippen molar-refractivity contribution in [3.63, 3.8) is 0 Å². The largest absolute Gasteiger partial charge is 0.497 e. The minimum atomic E-state index is -4.16. The third-order valence-electron chi connectivity index (χ3n) is 7.38. The smallest absolute Gasteiger partial charge is 0.264 e. The molecule has 4 aromatic rings. The Morgan fingerprint density at radius 3 is 2.16 bits per heavy atom. The Hall–Kier alpha value is -4.63. The van der Waals surface area contributed by atoms with Crippen molar-refractivity contribution in [2.75, 3.05) is 24.5 Å². The van der Waals surface area contributed by atoms with Crippen LogP contribution < -0.4 is 14.4 Å². The second kappa shape index (κ2) is 14.7. The number of anilines is 1. The lowest BCUT2D eigenvalue weighted by atomic mass is 10.0. The lowest BCUT2D eigenvalue weighted by Gasteiger charge is -2.34. The van der Waals surface area contributed by atoms with E-state index in [2.05, 4.69) is 5.32 Å². The van der Waals surface area contributed by atoms with Gasteiger partial charge in [-0.1, -0.05) is 78.4 Å². The van der Waals surface area contributed by atoms with E-state index in [1.165, 1.54) is 4.90 Å². The monoisotopic (exact) mass is 613 g/mol. The first-order valence-corrected chi connectivity index (χ1v) is 16.0. The van der Waals surface area contributed by atoms with Gasteiger partial charge < -0.3 is 15.0 Å². The number of rotatable bonds is 13. The summed E-state index contributed by atoms with van der Waals surface area (Å²) in [7, 11) is -2.59. The van der Waals surface area contributed by atoms with E-state index >= 15 is 0 Å². The molecule has 8 nitrogen and oxygen atoms in total. The maximum atomic E-state index is 14.5. The molecular formula is C35H39N3O5S. The zero-order chi connectivity index (χ0) is 31.7. The zero-order valence-corrected chi connectivity index (χ0v) is 26.4. The van der Waals surface area contributed by atoms with E-state index in [0.717, 1.165) is 21.0 Å². The van der Waals surface area contributed by atoms with Crippen LogP contribution in [0.2, 0.25) is 0 Å². The molecule has 1 atom stereocenters. The third kappa shape index (κ3) is 7.85. The summed E-state index contributed by atoms with van der Waals surface area (Å²) in [4.78, 5) is 29.6. The quantitative estimate of drug-likeness (QED) is 0.221. The van der Waals surface area contributed by atoms with E-state index in [9.17, 15) is 18.0 Å². The summed E-state index contributed by atoms with van der Waals surface area (Å²) < 4.78 is 34.9. The summed E-state index contributed by atoms with van der Waals surface area (Å²) in [5.74, 6) is -0.230. The molecule has 0 radical (unpaired) electrons. The maximum Gasteiger partial charge on any atom is 0.264 e. The van der Waals surface area contributed by atoms with Gasteiger partial charge in [-0.25, -0.2) is 8.42 Å². The Morgan fingerprint density at radius 2 is 1.50 bits per heavy atom. The van der Waals surface area contributed by atoms with Gasteiger partial charge in [-0.2, -0.15) is 0 Å². The van der Waals surface area contributed by atoms with Gasteiger partial charge in [0.1, 0.15) is 18.3 Å². The van der Waals surface area contributed by atoms with Gasteiger partial charge in [-0.15, -0.1) is 0 Å². The highest BCUT2D eigenvalue weighted by atomic mass is 32.2. The molecule has 0 aromatic heterocycles. The molecule has 0 aliphatic rings. The molecule has 0 spiro atoms. The summed E-state index contributed by atoms with van der Waals surface area (Å²) in [6.07, 6.45) is 0.247. The molecule has 4 aromatic carbocycles. The average Bonchev–Trinajstić information content (AvgIpc) is 3.02. The molecule has 0 aliphatic heterocycles. The van der Waals surface area contributed by atoms with Crippen LogP contribution in [0.1, 0.15) is 29.2 Å². The number of sulfonamides is 1. The SMILES string of the molecule is CCNC(=O)C(Cc1ccccc1)N(Cc1cccc(OC)c1)C(=O)CN(c1ccccc1C)S(=O)(=O)c1ccc(C)cc1. The van der Waals surface area contributed by atoms with Gasteiger partial charge in [0.2, 0.25) is 11.8 Å². The number of nitrogens with one attached hydrogen (secondary N) is 1. The van der Waals surface area contributed by atoms with Crippen LogP contribution in [0.3, 0.4) is 0 Å². The fourth-order valence-electron chi connectivity index (χ4n) is 5.01. The molecule has 0 saturated carbocycles. The first kappa shape index (κ1) is 32.3. The van der Waals surface area contributed by atoms with Gasteiger partial charge in [-0.05, 0) is 67.8 Å². The van der Waals surface area contributed by atoms with Crippen molar-refractivity contribution in [2.24, 2.45) is 0 Å². The van der Waals surface area contributed by atoms with Gasteiger partial charge in [0.15, 0.2) is 0 Å². The summed E-state index contributed by atoms with van der Waals surface area (Å²) in [5, 5.41) is 2.88. The molecule has 9 heteroatoms. The number of para-hydroxylation sites is 1. The van der Waals surface area contributed by atoms with E-state index in [4.69, 9.17) is 4.74 Å². The highest BCUT2D eigenvalue weighted by molar-refractivity contribution is 7.92. The predicted molar refractivity (Wildman–Crippen MR) is 173 cm³/mol. The number of ether oxygens (including phenoxy) is 1. The van der Waals surface area contributed by atoms with Gasteiger partial charge in [0.05, 0.1) is 17.7 Å². The molecule has 230 valence electrons. The van der Waals surface area contributed by atoms with E-state index in [-0.39, 0.29) is 23.8 Å². The highest BCUT2D eigenvalue weighted by Crippen LogP contribution is 2.28. The number of carbonyl (C=O) groups is 2. The first-order valence-electron chi connectivity index (χ1n) is 14.5. The van der Waals surface area contributed by atoms with Gasteiger partial charge in [0.25, 0.3) is 10.0 Å². The summed E-state index contributed by atoms with van der Waals surface area (Å²) in [6.45, 7) is 5.44. The number of benzene rings is 4. The third-order valence-corrected chi connectivity index (χ3v) is 9.16. The topological polar surface area (TPSA) is 96.0 Å². The van der Waals surface area contributed by atoms with Crippen LogP contribution in [0.15, 0.2) is 108 Å². The Kier molecular flexibility index (Phi) is 10.8. The number of methoxy groups -OCH3 is 1. The second-order valence-electron chi connectivity index (χ2n) is 10.6. The molecule has 0 heterocycles. The molecule has 0 fully saturated rings. The molecule has 1 unspecified atom stereocenters. The first-order chi connectivity index (χ1) is 21.1. The molecule has 0 bridgehead atoms. The molecule has 0 saturated heterocycles. The number of nitrogens with zero attached hydrogens (tertiary/aromatic N) is 2. The second-order valence-corrected chi connectivity index (χ2v) is 12.4. The van der Waals surface area contributed by atoms with E-state index in [0.29, 0.717) is 23.5 Å². The molecule has 2 amide bonds. The average molecular weight is 614 g/mol. The Morgan fingerprint density at radius 1 is 0.841 bits per heavy atom.